The summed E-state index contributed by atoms with van der Waals surface area (Å²) in [4.78, 5) is 16.8. The van der Waals surface area contributed by atoms with Crippen LogP contribution in [0.2, 0.25) is 0 Å². The van der Waals surface area contributed by atoms with Crippen LogP contribution in [0.3, 0.4) is 0 Å². The smallest absolute Gasteiger partial charge is 0.257 e. The molecule has 2 heterocycles. The standard InChI is InChI=1S/C15H23N3O2/c16-10-14-9-12(11-20-14)15(19)18-7-5-17(6-8-18)13-3-1-2-4-13/h9,11,13H,1-8,10,16H2. The van der Waals surface area contributed by atoms with Crippen LogP contribution in [-0.2, 0) is 6.54 Å². The Kier molecular flexibility index (Phi) is 4.08. The molecule has 20 heavy (non-hydrogen) atoms. The van der Waals surface area contributed by atoms with Gasteiger partial charge in [-0.2, -0.15) is 0 Å². The van der Waals surface area contributed by atoms with E-state index >= 15 is 0 Å². The van der Waals surface area contributed by atoms with Gasteiger partial charge in [-0.25, -0.2) is 0 Å². The highest BCUT2D eigenvalue weighted by molar-refractivity contribution is 5.94. The number of hydrogen-bond donors (Lipinski definition) is 1. The molecule has 5 heteroatoms. The molecule has 1 amide bonds. The highest BCUT2D eigenvalue weighted by atomic mass is 16.3. The maximum absolute atomic E-state index is 12.4. The molecule has 0 radical (unpaired) electrons. The monoisotopic (exact) mass is 277 g/mol. The minimum absolute atomic E-state index is 0.0690. The van der Waals surface area contributed by atoms with Crippen molar-refractivity contribution < 1.29 is 9.21 Å². The fraction of sp³-hybridized carbons (Fsp3) is 0.667. The highest BCUT2D eigenvalue weighted by Gasteiger charge is 2.28. The van der Waals surface area contributed by atoms with Gasteiger partial charge in [0.25, 0.3) is 5.91 Å². The SMILES string of the molecule is NCc1cc(C(=O)N2CCN(C3CCCC3)CC2)co1. The predicted octanol–water partition coefficient (Wildman–Crippen LogP) is 1.44. The van der Waals surface area contributed by atoms with Gasteiger partial charge in [0.1, 0.15) is 12.0 Å². The maximum atomic E-state index is 12.4. The molecule has 0 aromatic carbocycles. The van der Waals surface area contributed by atoms with Crippen molar-refractivity contribution in [2.45, 2.75) is 38.3 Å². The van der Waals surface area contributed by atoms with Crippen molar-refractivity contribution in [2.24, 2.45) is 5.73 Å². The summed E-state index contributed by atoms with van der Waals surface area (Å²) in [6.45, 7) is 3.97. The number of hydrogen-bond acceptors (Lipinski definition) is 4. The van der Waals surface area contributed by atoms with E-state index < -0.39 is 0 Å². The van der Waals surface area contributed by atoms with Crippen molar-refractivity contribution in [1.29, 1.82) is 0 Å². The van der Waals surface area contributed by atoms with Gasteiger partial charge in [0.15, 0.2) is 0 Å². The van der Waals surface area contributed by atoms with Gasteiger partial charge >= 0.3 is 0 Å². The number of piperazine rings is 1. The lowest BCUT2D eigenvalue weighted by Crippen LogP contribution is -2.51. The van der Waals surface area contributed by atoms with Crippen LogP contribution in [0.4, 0.5) is 0 Å². The maximum Gasteiger partial charge on any atom is 0.257 e. The zero-order valence-electron chi connectivity index (χ0n) is 11.9. The Labute approximate surface area is 119 Å². The van der Waals surface area contributed by atoms with Gasteiger partial charge in [-0.1, -0.05) is 12.8 Å². The highest BCUT2D eigenvalue weighted by Crippen LogP contribution is 2.24. The first-order valence-corrected chi connectivity index (χ1v) is 7.58. The molecular formula is C15H23N3O2. The number of carbonyl (C=O) groups is 1. The third-order valence-electron chi connectivity index (χ3n) is 4.54. The number of amides is 1. The number of nitrogens with zero attached hydrogens (tertiary/aromatic N) is 2. The first kappa shape index (κ1) is 13.6. The van der Waals surface area contributed by atoms with Crippen molar-refractivity contribution in [1.82, 2.24) is 9.80 Å². The van der Waals surface area contributed by atoms with Crippen LogP contribution in [-0.4, -0.2) is 47.9 Å². The van der Waals surface area contributed by atoms with E-state index in [2.05, 4.69) is 4.90 Å². The van der Waals surface area contributed by atoms with Crippen LogP contribution in [0.5, 0.6) is 0 Å². The Bertz CT molecular complexity index is 457. The van der Waals surface area contributed by atoms with Gasteiger partial charge in [-0.15, -0.1) is 0 Å². The summed E-state index contributed by atoms with van der Waals surface area (Å²) < 4.78 is 5.25. The quantitative estimate of drug-likeness (QED) is 0.908. The van der Waals surface area contributed by atoms with Crippen molar-refractivity contribution in [2.75, 3.05) is 26.2 Å². The lowest BCUT2D eigenvalue weighted by molar-refractivity contribution is 0.0573. The summed E-state index contributed by atoms with van der Waals surface area (Å²) in [5, 5.41) is 0. The third kappa shape index (κ3) is 2.74. The zero-order valence-corrected chi connectivity index (χ0v) is 11.9. The Morgan fingerprint density at radius 2 is 1.95 bits per heavy atom. The summed E-state index contributed by atoms with van der Waals surface area (Å²) in [6.07, 6.45) is 6.90. The summed E-state index contributed by atoms with van der Waals surface area (Å²) >= 11 is 0. The van der Waals surface area contributed by atoms with Crippen molar-refractivity contribution >= 4 is 5.91 Å². The molecule has 1 saturated heterocycles. The first-order chi connectivity index (χ1) is 9.78. The van der Waals surface area contributed by atoms with Crippen molar-refractivity contribution in [3.05, 3.63) is 23.7 Å². The molecule has 1 aromatic heterocycles. The molecule has 1 saturated carbocycles. The zero-order chi connectivity index (χ0) is 13.9. The van der Waals surface area contributed by atoms with Gasteiger partial charge in [-0.05, 0) is 18.9 Å². The predicted molar refractivity (Wildman–Crippen MR) is 76.3 cm³/mol. The molecule has 5 nitrogen and oxygen atoms in total. The largest absolute Gasteiger partial charge is 0.467 e. The van der Waals surface area contributed by atoms with E-state index in [1.165, 1.54) is 31.9 Å². The van der Waals surface area contributed by atoms with Crippen LogP contribution >= 0.6 is 0 Å². The molecule has 0 spiro atoms. The van der Waals surface area contributed by atoms with E-state index in [1.54, 1.807) is 6.07 Å². The Hall–Kier alpha value is -1.33. The molecule has 3 rings (SSSR count). The molecule has 0 unspecified atom stereocenters. The van der Waals surface area contributed by atoms with E-state index in [9.17, 15) is 4.79 Å². The van der Waals surface area contributed by atoms with E-state index in [0.29, 0.717) is 17.9 Å². The topological polar surface area (TPSA) is 62.7 Å². The molecule has 2 fully saturated rings. The molecule has 1 aliphatic heterocycles. The number of nitrogens with two attached hydrogens (primary N) is 1. The van der Waals surface area contributed by atoms with Gasteiger partial charge in [0.05, 0.1) is 12.1 Å². The first-order valence-electron chi connectivity index (χ1n) is 7.58. The second-order valence-corrected chi connectivity index (χ2v) is 5.77. The van der Waals surface area contributed by atoms with E-state index in [1.807, 2.05) is 4.90 Å². The average molecular weight is 277 g/mol. The normalized spacial score (nSPS) is 21.6. The molecule has 0 atom stereocenters. The molecule has 110 valence electrons. The van der Waals surface area contributed by atoms with E-state index in [-0.39, 0.29) is 5.91 Å². The van der Waals surface area contributed by atoms with Crippen molar-refractivity contribution in [3.8, 4) is 0 Å². The van der Waals surface area contributed by atoms with Crippen LogP contribution in [0.25, 0.3) is 0 Å². The molecule has 2 aliphatic rings. The second kappa shape index (κ2) is 5.97. The van der Waals surface area contributed by atoms with Crippen LogP contribution in [0, 0.1) is 0 Å². The summed E-state index contributed by atoms with van der Waals surface area (Å²) in [6, 6.07) is 2.51. The number of rotatable bonds is 3. The van der Waals surface area contributed by atoms with Gasteiger partial charge in [0, 0.05) is 32.2 Å². The molecule has 1 aromatic rings. The summed E-state index contributed by atoms with van der Waals surface area (Å²) in [7, 11) is 0. The molecular weight excluding hydrogens is 254 g/mol. The summed E-state index contributed by atoms with van der Waals surface area (Å²) in [5.41, 5.74) is 6.13. The van der Waals surface area contributed by atoms with Gasteiger partial charge in [-0.3, -0.25) is 9.69 Å². The molecule has 1 aliphatic carbocycles. The fourth-order valence-electron chi connectivity index (χ4n) is 3.34. The lowest BCUT2D eigenvalue weighted by Gasteiger charge is -2.37. The fourth-order valence-corrected chi connectivity index (χ4v) is 3.34. The minimum Gasteiger partial charge on any atom is -0.467 e. The van der Waals surface area contributed by atoms with Crippen LogP contribution < -0.4 is 5.73 Å². The molecule has 0 bridgehead atoms. The van der Waals surface area contributed by atoms with Crippen molar-refractivity contribution in [3.63, 3.8) is 0 Å². The van der Waals surface area contributed by atoms with Crippen LogP contribution in [0.1, 0.15) is 41.8 Å². The average Bonchev–Trinajstić information content (AvgIpc) is 3.18. The second-order valence-electron chi connectivity index (χ2n) is 5.77. The Morgan fingerprint density at radius 1 is 1.25 bits per heavy atom. The minimum atomic E-state index is 0.0690. The summed E-state index contributed by atoms with van der Waals surface area (Å²) in [5.74, 6) is 0.734. The van der Waals surface area contributed by atoms with E-state index in [4.69, 9.17) is 10.2 Å². The number of carbonyl (C=O) groups excluding carboxylic acids is 1. The van der Waals surface area contributed by atoms with Gasteiger partial charge < -0.3 is 15.1 Å². The van der Waals surface area contributed by atoms with Crippen LogP contribution in [0.15, 0.2) is 16.7 Å². The van der Waals surface area contributed by atoms with E-state index in [0.717, 1.165) is 32.2 Å². The lowest BCUT2D eigenvalue weighted by atomic mass is 10.1. The third-order valence-corrected chi connectivity index (χ3v) is 4.54. The molecule has 2 N–H and O–H groups in total. The Morgan fingerprint density at radius 3 is 2.55 bits per heavy atom. The Balaban J connectivity index is 1.55. The van der Waals surface area contributed by atoms with Gasteiger partial charge in [0.2, 0.25) is 0 Å². The number of furan rings is 1.